The molecule has 0 amide bonds. The molecule has 1 fully saturated rings. The first kappa shape index (κ1) is 17.4. The largest absolute Gasteiger partial charge is 0.381 e. The van der Waals surface area contributed by atoms with E-state index < -0.39 is 0 Å². The molecular formula is C23H24N4O. The molecule has 28 heavy (non-hydrogen) atoms. The monoisotopic (exact) mass is 372 g/mol. The number of ether oxygens (including phenoxy) is 1. The van der Waals surface area contributed by atoms with E-state index in [1.807, 2.05) is 24.3 Å². The van der Waals surface area contributed by atoms with Crippen LogP contribution in [0.2, 0.25) is 0 Å². The minimum atomic E-state index is 0.660. The van der Waals surface area contributed by atoms with Gasteiger partial charge in [-0.05, 0) is 48.2 Å². The maximum atomic E-state index is 8.99. The average molecular weight is 372 g/mol. The molecule has 1 aromatic heterocycles. The third-order valence-electron chi connectivity index (χ3n) is 6.12. The van der Waals surface area contributed by atoms with Gasteiger partial charge in [0.2, 0.25) is 0 Å². The lowest BCUT2D eigenvalue weighted by Gasteiger charge is -2.33. The maximum absolute atomic E-state index is 8.99. The van der Waals surface area contributed by atoms with Gasteiger partial charge < -0.3 is 9.30 Å². The van der Waals surface area contributed by atoms with Gasteiger partial charge in [0.25, 0.3) is 0 Å². The summed E-state index contributed by atoms with van der Waals surface area (Å²) >= 11 is 0. The summed E-state index contributed by atoms with van der Waals surface area (Å²) in [6.07, 6.45) is 3.30. The van der Waals surface area contributed by atoms with Crippen LogP contribution in [0.25, 0.3) is 22.2 Å². The third kappa shape index (κ3) is 3.19. The summed E-state index contributed by atoms with van der Waals surface area (Å²) in [5.41, 5.74) is 5.24. The van der Waals surface area contributed by atoms with E-state index in [1.165, 1.54) is 11.3 Å². The minimum Gasteiger partial charge on any atom is -0.381 e. The topological polar surface area (TPSA) is 54.1 Å². The number of nitriles is 1. The number of imidazole rings is 1. The Balaban J connectivity index is 1.40. The van der Waals surface area contributed by atoms with E-state index >= 15 is 0 Å². The van der Waals surface area contributed by atoms with Crippen molar-refractivity contribution in [1.29, 1.82) is 5.26 Å². The van der Waals surface area contributed by atoms with Gasteiger partial charge in [-0.3, -0.25) is 4.90 Å². The molecule has 142 valence electrons. The molecule has 2 aromatic carbocycles. The average Bonchev–Trinajstić information content (AvgIpc) is 2.97. The van der Waals surface area contributed by atoms with Gasteiger partial charge in [0, 0.05) is 45.3 Å². The zero-order valence-electron chi connectivity index (χ0n) is 16.0. The van der Waals surface area contributed by atoms with Crippen molar-refractivity contribution in [2.24, 2.45) is 0 Å². The predicted molar refractivity (Wildman–Crippen MR) is 109 cm³/mol. The highest BCUT2D eigenvalue weighted by molar-refractivity contribution is 5.82. The summed E-state index contributed by atoms with van der Waals surface area (Å²) in [7, 11) is 0. The smallest absolute Gasteiger partial charge is 0.111 e. The Morgan fingerprint density at radius 2 is 1.75 bits per heavy atom. The number of hydrogen-bond acceptors (Lipinski definition) is 4. The molecule has 0 atom stereocenters. The second kappa shape index (κ2) is 7.38. The fraction of sp³-hybridized carbons (Fsp3) is 0.391. The molecule has 5 nitrogen and oxygen atoms in total. The van der Waals surface area contributed by atoms with Crippen molar-refractivity contribution >= 4 is 11.0 Å². The molecule has 0 spiro atoms. The van der Waals surface area contributed by atoms with Crippen molar-refractivity contribution in [2.75, 3.05) is 26.3 Å². The van der Waals surface area contributed by atoms with Gasteiger partial charge >= 0.3 is 0 Å². The summed E-state index contributed by atoms with van der Waals surface area (Å²) < 4.78 is 7.93. The maximum Gasteiger partial charge on any atom is 0.111 e. The molecule has 0 N–H and O–H groups in total. The van der Waals surface area contributed by atoms with Gasteiger partial charge in [-0.1, -0.05) is 18.2 Å². The summed E-state index contributed by atoms with van der Waals surface area (Å²) in [6.45, 7) is 4.95. The Morgan fingerprint density at radius 3 is 2.54 bits per heavy atom. The third-order valence-corrected chi connectivity index (χ3v) is 6.12. The Bertz CT molecular complexity index is 1030. The van der Waals surface area contributed by atoms with Crippen molar-refractivity contribution in [3.8, 4) is 17.2 Å². The summed E-state index contributed by atoms with van der Waals surface area (Å²) in [4.78, 5) is 7.61. The van der Waals surface area contributed by atoms with E-state index in [-0.39, 0.29) is 0 Å². The molecule has 3 heterocycles. The lowest BCUT2D eigenvalue weighted by molar-refractivity contribution is 0.0348. The van der Waals surface area contributed by atoms with Crippen LogP contribution in [0.1, 0.15) is 24.2 Å². The number of nitrogens with zero attached hydrogens (tertiary/aromatic N) is 4. The molecule has 0 radical (unpaired) electrons. The van der Waals surface area contributed by atoms with Gasteiger partial charge in [0.15, 0.2) is 0 Å². The van der Waals surface area contributed by atoms with Crippen molar-refractivity contribution in [2.45, 2.75) is 31.8 Å². The first-order valence-corrected chi connectivity index (χ1v) is 10.1. The second-order valence-corrected chi connectivity index (χ2v) is 7.70. The van der Waals surface area contributed by atoms with Gasteiger partial charge in [0.05, 0.1) is 22.7 Å². The van der Waals surface area contributed by atoms with E-state index in [0.717, 1.165) is 68.8 Å². The predicted octanol–water partition coefficient (Wildman–Crippen LogP) is 3.61. The highest BCUT2D eigenvalue weighted by Crippen LogP contribution is 2.27. The van der Waals surface area contributed by atoms with Crippen molar-refractivity contribution in [3.63, 3.8) is 0 Å². The Hall–Kier alpha value is -2.68. The first-order chi connectivity index (χ1) is 13.8. The van der Waals surface area contributed by atoms with Crippen molar-refractivity contribution < 1.29 is 4.74 Å². The van der Waals surface area contributed by atoms with Crippen LogP contribution in [0.4, 0.5) is 0 Å². The molecule has 5 rings (SSSR count). The molecule has 1 saturated heterocycles. The van der Waals surface area contributed by atoms with E-state index in [4.69, 9.17) is 15.0 Å². The molecule has 5 heteroatoms. The van der Waals surface area contributed by atoms with Gasteiger partial charge in [0.1, 0.15) is 5.82 Å². The lowest BCUT2D eigenvalue weighted by atomic mass is 10.0. The number of fused-ring (bicyclic) bond motifs is 3. The quantitative estimate of drug-likeness (QED) is 0.690. The van der Waals surface area contributed by atoms with Crippen LogP contribution < -0.4 is 0 Å². The summed E-state index contributed by atoms with van der Waals surface area (Å²) in [6, 6.07) is 17.1. The fourth-order valence-corrected chi connectivity index (χ4v) is 4.54. The Morgan fingerprint density at radius 1 is 0.964 bits per heavy atom. The first-order valence-electron chi connectivity index (χ1n) is 10.1. The molecular weight excluding hydrogens is 348 g/mol. The highest BCUT2D eigenvalue weighted by atomic mass is 16.5. The van der Waals surface area contributed by atoms with Crippen molar-refractivity contribution in [1.82, 2.24) is 14.5 Å². The minimum absolute atomic E-state index is 0.660. The van der Waals surface area contributed by atoms with E-state index in [9.17, 15) is 0 Å². The standard InChI is InChI=1S/C23H24N4O/c24-16-17-1-3-18(4-2-17)19-5-6-22-21(15-19)25-23-7-10-26(11-12-27(22)23)20-8-13-28-14-9-20/h1-6,15,20H,7-14H2. The number of hydrogen-bond donors (Lipinski definition) is 0. The van der Waals surface area contributed by atoms with Crippen LogP contribution in [0, 0.1) is 11.3 Å². The molecule has 0 unspecified atom stereocenters. The van der Waals surface area contributed by atoms with Gasteiger partial charge in [-0.15, -0.1) is 0 Å². The summed E-state index contributed by atoms with van der Waals surface area (Å²) in [5.74, 6) is 1.20. The van der Waals surface area contributed by atoms with Crippen molar-refractivity contribution in [3.05, 3.63) is 53.9 Å². The fourth-order valence-electron chi connectivity index (χ4n) is 4.54. The van der Waals surface area contributed by atoms with Crippen LogP contribution in [-0.2, 0) is 17.7 Å². The van der Waals surface area contributed by atoms with Gasteiger partial charge in [-0.2, -0.15) is 5.26 Å². The van der Waals surface area contributed by atoms with E-state index in [0.29, 0.717) is 11.6 Å². The van der Waals surface area contributed by atoms with Crippen LogP contribution in [0.5, 0.6) is 0 Å². The second-order valence-electron chi connectivity index (χ2n) is 7.70. The molecule has 2 aliphatic heterocycles. The van der Waals surface area contributed by atoms with Crippen LogP contribution in [0.3, 0.4) is 0 Å². The zero-order chi connectivity index (χ0) is 18.9. The SMILES string of the molecule is N#Cc1ccc(-c2ccc3c(c2)nc2n3CCN(C3CCOCC3)CC2)cc1. The molecule has 0 saturated carbocycles. The molecule has 3 aromatic rings. The normalized spacial score (nSPS) is 18.5. The lowest BCUT2D eigenvalue weighted by Crippen LogP contribution is -2.41. The molecule has 2 aliphatic rings. The van der Waals surface area contributed by atoms with Crippen LogP contribution >= 0.6 is 0 Å². The number of aromatic nitrogens is 2. The van der Waals surface area contributed by atoms with Crippen LogP contribution in [0.15, 0.2) is 42.5 Å². The Kier molecular flexibility index (Phi) is 4.59. The number of benzene rings is 2. The highest BCUT2D eigenvalue weighted by Gasteiger charge is 2.25. The molecule has 0 aliphatic carbocycles. The summed E-state index contributed by atoms with van der Waals surface area (Å²) in [5, 5.41) is 8.99. The van der Waals surface area contributed by atoms with E-state index in [1.54, 1.807) is 0 Å². The Labute approximate surface area is 165 Å². The number of rotatable bonds is 2. The van der Waals surface area contributed by atoms with Gasteiger partial charge in [-0.25, -0.2) is 4.98 Å². The zero-order valence-corrected chi connectivity index (χ0v) is 16.0. The van der Waals surface area contributed by atoms with Crippen LogP contribution in [-0.4, -0.2) is 46.8 Å². The molecule has 0 bridgehead atoms. The van der Waals surface area contributed by atoms with E-state index in [2.05, 4.69) is 33.7 Å².